The summed E-state index contributed by atoms with van der Waals surface area (Å²) in [4.78, 5) is 14.8. The predicted molar refractivity (Wildman–Crippen MR) is 114 cm³/mol. The van der Waals surface area contributed by atoms with Gasteiger partial charge in [0.05, 0.1) is 18.2 Å². The molecule has 0 radical (unpaired) electrons. The van der Waals surface area contributed by atoms with E-state index in [1.54, 1.807) is 14.0 Å². The number of nitrogens with zero attached hydrogens (tertiary/aromatic N) is 3. The van der Waals surface area contributed by atoms with Crippen LogP contribution in [-0.2, 0) is 10.2 Å². The van der Waals surface area contributed by atoms with Crippen molar-refractivity contribution in [3.05, 3.63) is 72.3 Å². The number of Topliss-reactive ketones (excluding diaryl/α,β-unsaturated/α-hetero) is 1. The molecule has 0 N–H and O–H groups in total. The molecule has 3 aromatic rings. The molecule has 1 fully saturated rings. The highest BCUT2D eigenvalue weighted by molar-refractivity contribution is 5.88. The fraction of sp³-hybridized carbons (Fsp3) is 0.292. The van der Waals surface area contributed by atoms with E-state index in [1.807, 2.05) is 54.6 Å². The summed E-state index contributed by atoms with van der Waals surface area (Å²) in [6, 6.07) is 21.9. The van der Waals surface area contributed by atoms with Crippen LogP contribution in [0.25, 0.3) is 11.3 Å². The molecule has 0 amide bonds. The average Bonchev–Trinajstić information content (AvgIpc) is 2.79. The van der Waals surface area contributed by atoms with Gasteiger partial charge in [0.1, 0.15) is 11.5 Å². The topological polar surface area (TPSA) is 55.3 Å². The zero-order chi connectivity index (χ0) is 20.3. The molecule has 5 heteroatoms. The highest BCUT2D eigenvalue weighted by atomic mass is 16.5. The third-order valence-electron chi connectivity index (χ3n) is 5.97. The molecule has 1 aliphatic heterocycles. The highest BCUT2D eigenvalue weighted by Gasteiger charge is 2.40. The highest BCUT2D eigenvalue weighted by Crippen LogP contribution is 2.37. The minimum Gasteiger partial charge on any atom is -0.496 e. The van der Waals surface area contributed by atoms with E-state index in [0.717, 1.165) is 54.3 Å². The first-order valence-corrected chi connectivity index (χ1v) is 9.93. The standard InChI is InChI=1S/C24H25N3O2/c1-18(28)24(19-8-4-3-5-9-19)14-16-27(17-15-24)23-13-12-21(25-26-23)20-10-6-7-11-22(20)29-2/h3-13H,14-17H2,1-2H3. The van der Waals surface area contributed by atoms with E-state index in [9.17, 15) is 4.79 Å². The van der Waals surface area contributed by atoms with Gasteiger partial charge in [0.25, 0.3) is 0 Å². The number of hydrogen-bond acceptors (Lipinski definition) is 5. The van der Waals surface area contributed by atoms with E-state index in [-0.39, 0.29) is 5.78 Å². The molecule has 0 aliphatic carbocycles. The number of benzene rings is 2. The molecule has 148 valence electrons. The third-order valence-corrected chi connectivity index (χ3v) is 5.97. The van der Waals surface area contributed by atoms with Crippen molar-refractivity contribution in [1.82, 2.24) is 10.2 Å². The number of rotatable bonds is 5. The number of ketones is 1. The number of piperidine rings is 1. The zero-order valence-electron chi connectivity index (χ0n) is 16.8. The molecule has 29 heavy (non-hydrogen) atoms. The first kappa shape index (κ1) is 19.1. The number of carbonyl (C=O) groups excluding carboxylic acids is 1. The van der Waals surface area contributed by atoms with Gasteiger partial charge in [-0.25, -0.2) is 0 Å². The normalized spacial score (nSPS) is 15.7. The molecule has 5 nitrogen and oxygen atoms in total. The fourth-order valence-electron chi connectivity index (χ4n) is 4.21. The SMILES string of the molecule is COc1ccccc1-c1ccc(N2CCC(C(C)=O)(c3ccccc3)CC2)nn1. The molecule has 1 aromatic heterocycles. The van der Waals surface area contributed by atoms with E-state index in [2.05, 4.69) is 27.2 Å². The van der Waals surface area contributed by atoms with Crippen molar-refractivity contribution < 1.29 is 9.53 Å². The number of para-hydroxylation sites is 1. The molecule has 0 bridgehead atoms. The van der Waals surface area contributed by atoms with Crippen molar-refractivity contribution >= 4 is 11.6 Å². The largest absolute Gasteiger partial charge is 0.496 e. The van der Waals surface area contributed by atoms with Crippen LogP contribution in [0.15, 0.2) is 66.7 Å². The molecule has 0 unspecified atom stereocenters. The van der Waals surface area contributed by atoms with Gasteiger partial charge in [0.2, 0.25) is 0 Å². The first-order valence-electron chi connectivity index (χ1n) is 9.93. The second-order valence-corrected chi connectivity index (χ2v) is 7.47. The number of anilines is 1. The van der Waals surface area contributed by atoms with Gasteiger partial charge in [-0.05, 0) is 49.6 Å². The molecular weight excluding hydrogens is 362 g/mol. The maximum Gasteiger partial charge on any atom is 0.151 e. The number of hydrogen-bond donors (Lipinski definition) is 0. The maximum absolute atomic E-state index is 12.6. The Labute approximate surface area is 171 Å². The monoisotopic (exact) mass is 387 g/mol. The van der Waals surface area contributed by atoms with Crippen LogP contribution < -0.4 is 9.64 Å². The molecule has 4 rings (SSSR count). The van der Waals surface area contributed by atoms with Crippen LogP contribution in [0.3, 0.4) is 0 Å². The van der Waals surface area contributed by atoms with Crippen LogP contribution in [0.4, 0.5) is 5.82 Å². The smallest absolute Gasteiger partial charge is 0.151 e. The lowest BCUT2D eigenvalue weighted by Crippen LogP contribution is -2.46. The Bertz CT molecular complexity index is 979. The molecule has 0 spiro atoms. The zero-order valence-corrected chi connectivity index (χ0v) is 16.8. The first-order chi connectivity index (χ1) is 14.1. The Hall–Kier alpha value is -3.21. The van der Waals surface area contributed by atoms with Crippen molar-refractivity contribution in [2.75, 3.05) is 25.1 Å². The summed E-state index contributed by atoms with van der Waals surface area (Å²) in [5.74, 6) is 1.86. The van der Waals surface area contributed by atoms with Gasteiger partial charge in [0.15, 0.2) is 5.82 Å². The summed E-state index contributed by atoms with van der Waals surface area (Å²) in [7, 11) is 1.66. The molecule has 1 aliphatic rings. The van der Waals surface area contributed by atoms with Crippen molar-refractivity contribution in [3.63, 3.8) is 0 Å². The van der Waals surface area contributed by atoms with Crippen molar-refractivity contribution in [3.8, 4) is 17.0 Å². The molecule has 2 heterocycles. The predicted octanol–water partition coefficient (Wildman–Crippen LogP) is 4.28. The van der Waals surface area contributed by atoms with Crippen LogP contribution in [0.5, 0.6) is 5.75 Å². The lowest BCUT2D eigenvalue weighted by molar-refractivity contribution is -0.123. The van der Waals surface area contributed by atoms with Gasteiger partial charge in [-0.2, -0.15) is 0 Å². The van der Waals surface area contributed by atoms with E-state index in [1.165, 1.54) is 0 Å². The Balaban J connectivity index is 1.52. The number of carbonyl (C=O) groups is 1. The van der Waals surface area contributed by atoms with Crippen LogP contribution in [-0.4, -0.2) is 36.2 Å². The van der Waals surface area contributed by atoms with Gasteiger partial charge in [-0.3, -0.25) is 4.79 Å². The van der Waals surface area contributed by atoms with E-state index >= 15 is 0 Å². The fourth-order valence-corrected chi connectivity index (χ4v) is 4.21. The second kappa shape index (κ2) is 8.03. The van der Waals surface area contributed by atoms with Crippen LogP contribution in [0, 0.1) is 0 Å². The maximum atomic E-state index is 12.6. The minimum atomic E-state index is -0.400. The van der Waals surface area contributed by atoms with Crippen molar-refractivity contribution in [2.45, 2.75) is 25.2 Å². The van der Waals surface area contributed by atoms with Crippen LogP contribution >= 0.6 is 0 Å². The van der Waals surface area contributed by atoms with Crippen molar-refractivity contribution in [1.29, 1.82) is 0 Å². The summed E-state index contributed by atoms with van der Waals surface area (Å²) in [6.45, 7) is 3.26. The third kappa shape index (κ3) is 3.60. The number of methoxy groups -OCH3 is 1. The van der Waals surface area contributed by atoms with Gasteiger partial charge in [0, 0.05) is 18.7 Å². The number of ether oxygens (including phenoxy) is 1. The van der Waals surface area contributed by atoms with Crippen molar-refractivity contribution in [2.24, 2.45) is 0 Å². The van der Waals surface area contributed by atoms with Crippen LogP contribution in [0.1, 0.15) is 25.3 Å². The van der Waals surface area contributed by atoms with Gasteiger partial charge >= 0.3 is 0 Å². The summed E-state index contributed by atoms with van der Waals surface area (Å²) in [5, 5.41) is 8.88. The lowest BCUT2D eigenvalue weighted by Gasteiger charge is -2.41. The molecular formula is C24H25N3O2. The van der Waals surface area contributed by atoms with Gasteiger partial charge in [-0.1, -0.05) is 42.5 Å². The Morgan fingerprint density at radius 3 is 2.24 bits per heavy atom. The minimum absolute atomic E-state index is 0.237. The molecule has 0 saturated carbocycles. The lowest BCUT2D eigenvalue weighted by atomic mass is 9.70. The Morgan fingerprint density at radius 2 is 1.62 bits per heavy atom. The summed E-state index contributed by atoms with van der Waals surface area (Å²) >= 11 is 0. The summed E-state index contributed by atoms with van der Waals surface area (Å²) in [6.07, 6.45) is 1.56. The quantitative estimate of drug-likeness (QED) is 0.654. The Morgan fingerprint density at radius 1 is 0.931 bits per heavy atom. The second-order valence-electron chi connectivity index (χ2n) is 7.47. The van der Waals surface area contributed by atoms with Crippen LogP contribution in [0.2, 0.25) is 0 Å². The molecule has 1 saturated heterocycles. The van der Waals surface area contributed by atoms with Gasteiger partial charge < -0.3 is 9.64 Å². The molecule has 2 aromatic carbocycles. The summed E-state index contributed by atoms with van der Waals surface area (Å²) < 4.78 is 5.42. The van der Waals surface area contributed by atoms with Gasteiger partial charge in [-0.15, -0.1) is 10.2 Å². The Kier molecular flexibility index (Phi) is 5.30. The number of aromatic nitrogens is 2. The summed E-state index contributed by atoms with van der Waals surface area (Å²) in [5.41, 5.74) is 2.42. The average molecular weight is 387 g/mol. The van der Waals surface area contributed by atoms with E-state index in [0.29, 0.717) is 0 Å². The van der Waals surface area contributed by atoms with E-state index in [4.69, 9.17) is 4.74 Å². The molecule has 0 atom stereocenters. The van der Waals surface area contributed by atoms with E-state index < -0.39 is 5.41 Å².